The van der Waals surface area contributed by atoms with Gasteiger partial charge in [-0.05, 0) is 60.2 Å². The summed E-state index contributed by atoms with van der Waals surface area (Å²) >= 11 is 5.24. The Morgan fingerprint density at radius 2 is 2.09 bits per heavy atom. The summed E-state index contributed by atoms with van der Waals surface area (Å²) in [6, 6.07) is 11.8. The smallest absolute Gasteiger partial charge is 0.408 e. The summed E-state index contributed by atoms with van der Waals surface area (Å²) in [4.78, 5) is 15.5. The van der Waals surface area contributed by atoms with Gasteiger partial charge in [0.2, 0.25) is 0 Å². The van der Waals surface area contributed by atoms with Crippen LogP contribution in [0.5, 0.6) is 0 Å². The van der Waals surface area contributed by atoms with Crippen LogP contribution in [0, 0.1) is 0 Å². The van der Waals surface area contributed by atoms with Gasteiger partial charge < -0.3 is 9.32 Å². The second-order valence-electron chi connectivity index (χ2n) is 5.28. The first-order valence-electron chi connectivity index (χ1n) is 7.14. The number of aromatic nitrogens is 1. The minimum Gasteiger partial charge on any atom is -0.408 e. The third-order valence-electron chi connectivity index (χ3n) is 3.55. The van der Waals surface area contributed by atoms with Crippen molar-refractivity contribution in [3.8, 4) is 0 Å². The zero-order valence-corrected chi connectivity index (χ0v) is 14.7. The van der Waals surface area contributed by atoms with Crippen LogP contribution in [-0.2, 0) is 13.1 Å². The van der Waals surface area contributed by atoms with Crippen molar-refractivity contribution in [3.05, 3.63) is 55.6 Å². The van der Waals surface area contributed by atoms with Crippen LogP contribution in [0.15, 0.2) is 49.4 Å². The third-order valence-corrected chi connectivity index (χ3v) is 5.16. The monoisotopic (exact) mass is 380 g/mol. The molecule has 0 radical (unpaired) electrons. The molecule has 0 saturated heterocycles. The molecule has 0 saturated carbocycles. The summed E-state index contributed by atoms with van der Waals surface area (Å²) in [6.07, 6.45) is 0.909. The Balaban J connectivity index is 1.58. The van der Waals surface area contributed by atoms with E-state index in [4.69, 9.17) is 4.42 Å². The Hall–Kier alpha value is -1.37. The Kier molecular flexibility index (Phi) is 4.81. The minimum absolute atomic E-state index is 0.272. The lowest BCUT2D eigenvalue weighted by atomic mass is 10.3. The number of aryl methyl sites for hydroxylation is 1. The summed E-state index contributed by atoms with van der Waals surface area (Å²) in [5, 5.41) is 0. The van der Waals surface area contributed by atoms with Gasteiger partial charge in [-0.3, -0.25) is 4.57 Å². The second-order valence-corrected chi connectivity index (χ2v) is 7.83. The van der Waals surface area contributed by atoms with Crippen molar-refractivity contribution < 1.29 is 4.42 Å². The Morgan fingerprint density at radius 3 is 2.86 bits per heavy atom. The highest BCUT2D eigenvalue weighted by atomic mass is 79.9. The lowest BCUT2D eigenvalue weighted by molar-refractivity contribution is 0.315. The molecule has 0 aliphatic rings. The first kappa shape index (κ1) is 15.5. The zero-order valence-electron chi connectivity index (χ0n) is 12.3. The van der Waals surface area contributed by atoms with Gasteiger partial charge in [-0.1, -0.05) is 12.1 Å². The number of oxazole rings is 1. The fraction of sp³-hybridized carbons (Fsp3) is 0.312. The molecular formula is C16H17BrN2O2S. The predicted octanol–water partition coefficient (Wildman–Crippen LogP) is 3.94. The molecular weight excluding hydrogens is 364 g/mol. The average Bonchev–Trinajstić information content (AvgIpc) is 3.03. The molecule has 0 bridgehead atoms. The number of halogens is 1. The third kappa shape index (κ3) is 3.51. The van der Waals surface area contributed by atoms with Crippen LogP contribution in [0.3, 0.4) is 0 Å². The number of hydrogen-bond donors (Lipinski definition) is 0. The van der Waals surface area contributed by atoms with Crippen molar-refractivity contribution in [1.82, 2.24) is 9.47 Å². The van der Waals surface area contributed by atoms with E-state index in [1.165, 1.54) is 4.88 Å². The number of benzene rings is 1. The molecule has 0 fully saturated rings. The van der Waals surface area contributed by atoms with Gasteiger partial charge in [-0.25, -0.2) is 4.79 Å². The molecule has 22 heavy (non-hydrogen) atoms. The Labute approximate surface area is 141 Å². The van der Waals surface area contributed by atoms with Crippen LogP contribution in [0.25, 0.3) is 11.1 Å². The highest BCUT2D eigenvalue weighted by molar-refractivity contribution is 9.11. The molecule has 2 heterocycles. The fourth-order valence-electron chi connectivity index (χ4n) is 2.51. The van der Waals surface area contributed by atoms with Gasteiger partial charge in [0.15, 0.2) is 5.58 Å². The number of para-hydroxylation sites is 2. The topological polar surface area (TPSA) is 38.4 Å². The van der Waals surface area contributed by atoms with E-state index in [0.717, 1.165) is 28.8 Å². The predicted molar refractivity (Wildman–Crippen MR) is 93.4 cm³/mol. The van der Waals surface area contributed by atoms with Gasteiger partial charge in [0.25, 0.3) is 0 Å². The molecule has 4 nitrogen and oxygen atoms in total. The highest BCUT2D eigenvalue weighted by Crippen LogP contribution is 2.23. The molecule has 1 aromatic carbocycles. The van der Waals surface area contributed by atoms with Crippen molar-refractivity contribution >= 4 is 38.4 Å². The molecule has 0 atom stereocenters. The Bertz CT molecular complexity index is 821. The van der Waals surface area contributed by atoms with Crippen LogP contribution in [0.4, 0.5) is 0 Å². The van der Waals surface area contributed by atoms with E-state index < -0.39 is 0 Å². The molecule has 6 heteroatoms. The first-order chi connectivity index (χ1) is 10.6. The van der Waals surface area contributed by atoms with Gasteiger partial charge in [0.05, 0.1) is 9.30 Å². The van der Waals surface area contributed by atoms with Crippen molar-refractivity contribution in [1.29, 1.82) is 0 Å². The van der Waals surface area contributed by atoms with E-state index in [-0.39, 0.29) is 5.76 Å². The van der Waals surface area contributed by atoms with Crippen LogP contribution in [0.1, 0.15) is 11.3 Å². The molecule has 2 aromatic heterocycles. The normalized spacial score (nSPS) is 11.6. The van der Waals surface area contributed by atoms with Crippen LogP contribution >= 0.6 is 27.3 Å². The van der Waals surface area contributed by atoms with Gasteiger partial charge >= 0.3 is 5.76 Å². The van der Waals surface area contributed by atoms with Crippen LogP contribution in [-0.4, -0.2) is 23.1 Å². The number of fused-ring (bicyclic) bond motifs is 1. The molecule has 3 rings (SSSR count). The highest BCUT2D eigenvalue weighted by Gasteiger charge is 2.09. The largest absolute Gasteiger partial charge is 0.419 e. The van der Waals surface area contributed by atoms with Gasteiger partial charge in [0, 0.05) is 18.0 Å². The molecule has 3 aromatic rings. The Morgan fingerprint density at radius 1 is 1.27 bits per heavy atom. The van der Waals surface area contributed by atoms with E-state index in [9.17, 15) is 4.79 Å². The first-order valence-corrected chi connectivity index (χ1v) is 8.75. The zero-order chi connectivity index (χ0) is 15.5. The quantitative estimate of drug-likeness (QED) is 0.649. The van der Waals surface area contributed by atoms with Gasteiger partial charge in [0.1, 0.15) is 0 Å². The van der Waals surface area contributed by atoms with E-state index in [1.807, 2.05) is 24.3 Å². The maximum absolute atomic E-state index is 11.9. The molecule has 0 aliphatic heterocycles. The lowest BCUT2D eigenvalue weighted by Gasteiger charge is -2.15. The standard InChI is InChI=1S/C16H17BrN2O2S/c1-18(11-12-7-8-15(17)22-12)9-4-10-19-13-5-2-3-6-14(13)21-16(19)20/h2-3,5-8H,4,9-11H2,1H3. The lowest BCUT2D eigenvalue weighted by Crippen LogP contribution is -2.22. The van der Waals surface area contributed by atoms with Crippen molar-refractivity contribution in [3.63, 3.8) is 0 Å². The van der Waals surface area contributed by atoms with E-state index in [0.29, 0.717) is 12.1 Å². The fourth-order valence-corrected chi connectivity index (χ4v) is 4.07. The van der Waals surface area contributed by atoms with Crippen molar-refractivity contribution in [2.75, 3.05) is 13.6 Å². The molecule has 0 N–H and O–H groups in total. The summed E-state index contributed by atoms with van der Waals surface area (Å²) in [6.45, 7) is 2.53. The summed E-state index contributed by atoms with van der Waals surface area (Å²) < 4.78 is 8.12. The number of rotatable bonds is 6. The number of hydrogen-bond acceptors (Lipinski definition) is 4. The minimum atomic E-state index is -0.272. The summed E-state index contributed by atoms with van der Waals surface area (Å²) in [5.74, 6) is -0.272. The number of thiophene rings is 1. The maximum atomic E-state index is 11.9. The van der Waals surface area contributed by atoms with E-state index >= 15 is 0 Å². The molecule has 0 spiro atoms. The average molecular weight is 381 g/mol. The maximum Gasteiger partial charge on any atom is 0.419 e. The van der Waals surface area contributed by atoms with Crippen molar-refractivity contribution in [2.45, 2.75) is 19.5 Å². The SMILES string of the molecule is CN(CCCn1c(=O)oc2ccccc21)Cc1ccc(Br)s1. The molecule has 116 valence electrons. The molecule has 0 aliphatic carbocycles. The van der Waals surface area contributed by atoms with E-state index in [1.54, 1.807) is 15.9 Å². The summed E-state index contributed by atoms with van der Waals surface area (Å²) in [7, 11) is 2.10. The van der Waals surface area contributed by atoms with Crippen LogP contribution < -0.4 is 5.76 Å². The molecule has 0 amide bonds. The van der Waals surface area contributed by atoms with E-state index in [2.05, 4.69) is 40.0 Å². The van der Waals surface area contributed by atoms with Gasteiger partial charge in [-0.15, -0.1) is 11.3 Å². The van der Waals surface area contributed by atoms with Crippen LogP contribution in [0.2, 0.25) is 0 Å². The number of nitrogens with zero attached hydrogens (tertiary/aromatic N) is 2. The summed E-state index contributed by atoms with van der Waals surface area (Å²) in [5.41, 5.74) is 1.53. The van der Waals surface area contributed by atoms with Gasteiger partial charge in [-0.2, -0.15) is 0 Å². The second kappa shape index (κ2) is 6.81. The molecule has 0 unspecified atom stereocenters. The van der Waals surface area contributed by atoms with Crippen molar-refractivity contribution in [2.24, 2.45) is 0 Å².